The van der Waals surface area contributed by atoms with Crippen LogP contribution in [0.3, 0.4) is 0 Å². The molecule has 3 aromatic carbocycles. The molecule has 3 N–H and O–H groups in total. The first-order chi connectivity index (χ1) is 17.7. The fourth-order valence-electron chi connectivity index (χ4n) is 3.63. The molecule has 6 nitrogen and oxygen atoms in total. The van der Waals surface area contributed by atoms with E-state index in [1.165, 1.54) is 23.5 Å². The van der Waals surface area contributed by atoms with Gasteiger partial charge in [-0.15, -0.1) is 11.3 Å². The molecule has 0 aliphatic carbocycles. The van der Waals surface area contributed by atoms with E-state index >= 15 is 0 Å². The number of phenols is 2. The van der Waals surface area contributed by atoms with Crippen molar-refractivity contribution in [2.45, 2.75) is 6.18 Å². The van der Waals surface area contributed by atoms with Gasteiger partial charge in [0.25, 0.3) is 0 Å². The fraction of sp³-hybridized carbons (Fsp3) is 0.0370. The predicted molar refractivity (Wildman–Crippen MR) is 136 cm³/mol. The molecule has 5 rings (SSSR count). The van der Waals surface area contributed by atoms with Gasteiger partial charge in [0.05, 0.1) is 10.6 Å². The molecule has 10 heteroatoms. The average molecular weight is 523 g/mol. The molecule has 0 amide bonds. The van der Waals surface area contributed by atoms with Crippen molar-refractivity contribution in [1.82, 2.24) is 9.97 Å². The van der Waals surface area contributed by atoms with Crippen molar-refractivity contribution in [2.75, 3.05) is 0 Å². The van der Waals surface area contributed by atoms with E-state index in [-0.39, 0.29) is 17.2 Å². The van der Waals surface area contributed by atoms with Crippen LogP contribution in [0.2, 0.25) is 0 Å². The summed E-state index contributed by atoms with van der Waals surface area (Å²) in [6.07, 6.45) is -1.83. The van der Waals surface area contributed by atoms with Gasteiger partial charge >= 0.3 is 11.9 Å². The number of ether oxygens (including phenoxy) is 1. The highest BCUT2D eigenvalue weighted by Gasteiger charge is 2.32. The van der Waals surface area contributed by atoms with Crippen LogP contribution >= 0.6 is 11.3 Å². The van der Waals surface area contributed by atoms with E-state index in [0.29, 0.717) is 17.1 Å². The zero-order valence-corrected chi connectivity index (χ0v) is 19.6. The Labute approximate surface area is 211 Å². The second kappa shape index (κ2) is 9.47. The first kappa shape index (κ1) is 24.1. The monoisotopic (exact) mass is 522 g/mol. The van der Waals surface area contributed by atoms with Crippen molar-refractivity contribution in [3.8, 4) is 33.4 Å². The minimum absolute atomic E-state index is 0.122. The van der Waals surface area contributed by atoms with Crippen molar-refractivity contribution in [1.29, 1.82) is 0 Å². The number of aromatic nitrogens is 2. The summed E-state index contributed by atoms with van der Waals surface area (Å²) in [7, 11) is 0. The minimum atomic E-state index is -4.69. The SMILES string of the molecule is O=c1nc(C=Cc2ccc(Oc3c(-c4ccc(O)cc4)sc4cc(O)ccc34)cc2)cc(C(F)(F)F)[nH]1. The van der Waals surface area contributed by atoms with E-state index in [0.717, 1.165) is 26.6 Å². The van der Waals surface area contributed by atoms with Gasteiger partial charge in [-0.25, -0.2) is 4.79 Å². The Morgan fingerprint density at radius 1 is 0.892 bits per heavy atom. The number of aromatic hydroxyl groups is 2. The third-order valence-corrected chi connectivity index (χ3v) is 6.56. The molecular weight excluding hydrogens is 505 g/mol. The molecule has 0 atom stereocenters. The van der Waals surface area contributed by atoms with Crippen LogP contribution in [0.25, 0.3) is 32.7 Å². The number of nitrogens with zero attached hydrogens (tertiary/aromatic N) is 1. The summed E-state index contributed by atoms with van der Waals surface area (Å²) in [5.74, 6) is 1.37. The number of phenolic OH excluding ortho intramolecular Hbond substituents is 2. The standard InChI is InChI=1S/C27H17F3N2O4S/c28-27(29,30)23-13-17(31-26(35)32-23)6-1-15-2-10-20(11-3-15)36-24-21-12-9-19(34)14-22(21)37-25(24)16-4-7-18(33)8-5-16/h1-14,33-34H,(H,31,32,35). The topological polar surface area (TPSA) is 95.4 Å². The molecule has 0 spiro atoms. The van der Waals surface area contributed by atoms with E-state index in [1.807, 2.05) is 0 Å². The van der Waals surface area contributed by atoms with Gasteiger partial charge in [-0.3, -0.25) is 0 Å². The summed E-state index contributed by atoms with van der Waals surface area (Å²) >= 11 is 1.44. The zero-order chi connectivity index (χ0) is 26.2. The van der Waals surface area contributed by atoms with Gasteiger partial charge in [-0.05, 0) is 77.9 Å². The van der Waals surface area contributed by atoms with Crippen LogP contribution in [-0.4, -0.2) is 20.2 Å². The van der Waals surface area contributed by atoms with Crippen molar-refractivity contribution < 1.29 is 28.1 Å². The van der Waals surface area contributed by atoms with E-state index < -0.39 is 17.6 Å². The number of thiophene rings is 1. The Balaban J connectivity index is 1.43. The fourth-order valence-corrected chi connectivity index (χ4v) is 4.80. The predicted octanol–water partition coefficient (Wildman–Crippen LogP) is 7.04. The highest BCUT2D eigenvalue weighted by molar-refractivity contribution is 7.22. The number of fused-ring (bicyclic) bond motifs is 1. The van der Waals surface area contributed by atoms with E-state index in [1.54, 1.807) is 71.7 Å². The highest BCUT2D eigenvalue weighted by Crippen LogP contribution is 2.47. The Bertz CT molecular complexity index is 1670. The highest BCUT2D eigenvalue weighted by atomic mass is 32.1. The summed E-state index contributed by atoms with van der Waals surface area (Å²) in [5.41, 5.74) is -0.892. The molecular formula is C27H17F3N2O4S. The normalized spacial score (nSPS) is 11.9. The molecule has 0 aliphatic rings. The minimum Gasteiger partial charge on any atom is -0.508 e. The molecule has 2 heterocycles. The van der Waals surface area contributed by atoms with Gasteiger partial charge in [0.1, 0.15) is 22.9 Å². The summed E-state index contributed by atoms with van der Waals surface area (Å²) in [4.78, 5) is 17.5. The molecule has 0 fully saturated rings. The Morgan fingerprint density at radius 2 is 1.59 bits per heavy atom. The van der Waals surface area contributed by atoms with Crippen molar-refractivity contribution in [3.05, 3.63) is 100 Å². The molecule has 0 bridgehead atoms. The van der Waals surface area contributed by atoms with Crippen LogP contribution < -0.4 is 10.4 Å². The summed E-state index contributed by atoms with van der Waals surface area (Å²) in [6.45, 7) is 0. The molecule has 186 valence electrons. The smallest absolute Gasteiger partial charge is 0.431 e. The number of halogens is 3. The average Bonchev–Trinajstić information content (AvgIpc) is 3.20. The third kappa shape index (κ3) is 5.34. The molecule has 0 unspecified atom stereocenters. The van der Waals surface area contributed by atoms with Gasteiger partial charge in [0.15, 0.2) is 5.75 Å². The number of nitrogens with one attached hydrogen (secondary N) is 1. The van der Waals surface area contributed by atoms with Crippen molar-refractivity contribution in [3.63, 3.8) is 0 Å². The number of hydrogen-bond donors (Lipinski definition) is 3. The largest absolute Gasteiger partial charge is 0.508 e. The van der Waals surface area contributed by atoms with Gasteiger partial charge in [0.2, 0.25) is 0 Å². The van der Waals surface area contributed by atoms with Crippen LogP contribution in [0.1, 0.15) is 17.0 Å². The first-order valence-corrected chi connectivity index (χ1v) is 11.7. The molecule has 0 saturated carbocycles. The number of hydrogen-bond acceptors (Lipinski definition) is 6. The quantitative estimate of drug-likeness (QED) is 0.230. The summed E-state index contributed by atoms with van der Waals surface area (Å²) in [6, 6.07) is 19.3. The molecule has 0 radical (unpaired) electrons. The molecule has 0 aliphatic heterocycles. The van der Waals surface area contributed by atoms with Crippen molar-refractivity contribution >= 4 is 33.6 Å². The van der Waals surface area contributed by atoms with E-state index in [2.05, 4.69) is 4.98 Å². The second-order valence-corrected chi connectivity index (χ2v) is 9.07. The first-order valence-electron chi connectivity index (χ1n) is 10.9. The van der Waals surface area contributed by atoms with E-state index in [9.17, 15) is 28.2 Å². The zero-order valence-electron chi connectivity index (χ0n) is 18.8. The van der Waals surface area contributed by atoms with E-state index in [4.69, 9.17) is 4.74 Å². The molecule has 5 aromatic rings. The van der Waals surface area contributed by atoms with Gasteiger partial charge < -0.3 is 19.9 Å². The Hall–Kier alpha value is -4.57. The van der Waals surface area contributed by atoms with Crippen LogP contribution in [0.5, 0.6) is 23.0 Å². The van der Waals surface area contributed by atoms with Gasteiger partial charge in [-0.1, -0.05) is 18.2 Å². The Morgan fingerprint density at radius 3 is 2.30 bits per heavy atom. The Kier molecular flexibility index (Phi) is 6.18. The maximum absolute atomic E-state index is 12.9. The molecule has 37 heavy (non-hydrogen) atoms. The third-order valence-electron chi connectivity index (χ3n) is 5.37. The van der Waals surface area contributed by atoms with Crippen LogP contribution in [0.15, 0.2) is 77.6 Å². The lowest BCUT2D eigenvalue weighted by atomic mass is 10.1. The van der Waals surface area contributed by atoms with Gasteiger partial charge in [0, 0.05) is 10.1 Å². The second-order valence-electron chi connectivity index (χ2n) is 8.01. The maximum atomic E-state index is 12.9. The number of rotatable bonds is 5. The summed E-state index contributed by atoms with van der Waals surface area (Å²) < 4.78 is 45.8. The lowest BCUT2D eigenvalue weighted by Gasteiger charge is -2.09. The molecule has 0 saturated heterocycles. The lowest BCUT2D eigenvalue weighted by Crippen LogP contribution is -2.19. The number of benzene rings is 3. The molecule has 2 aromatic heterocycles. The number of aromatic amines is 1. The van der Waals surface area contributed by atoms with Crippen LogP contribution in [0.4, 0.5) is 13.2 Å². The van der Waals surface area contributed by atoms with Gasteiger partial charge in [-0.2, -0.15) is 18.2 Å². The summed E-state index contributed by atoms with van der Waals surface area (Å²) in [5, 5.41) is 20.4. The number of H-pyrrole nitrogens is 1. The number of alkyl halides is 3. The lowest BCUT2D eigenvalue weighted by molar-refractivity contribution is -0.141. The van der Waals surface area contributed by atoms with Crippen molar-refractivity contribution in [2.24, 2.45) is 0 Å². The maximum Gasteiger partial charge on any atom is 0.431 e. The van der Waals surface area contributed by atoms with Crippen LogP contribution in [0, 0.1) is 0 Å². The van der Waals surface area contributed by atoms with Crippen LogP contribution in [-0.2, 0) is 6.18 Å².